The Morgan fingerprint density at radius 1 is 1.22 bits per heavy atom. The van der Waals surface area contributed by atoms with E-state index in [-0.39, 0.29) is 24.3 Å². The van der Waals surface area contributed by atoms with E-state index in [9.17, 15) is 5.11 Å². The molecule has 0 spiro atoms. The molecule has 5 atom stereocenters. The number of ether oxygens (including phenoxy) is 2. The fourth-order valence-electron chi connectivity index (χ4n) is 2.19. The first-order valence-corrected chi connectivity index (χ1v) is 6.90. The zero-order valence-electron chi connectivity index (χ0n) is 10.0. The summed E-state index contributed by atoms with van der Waals surface area (Å²) in [5, 5.41) is 18.6. The van der Waals surface area contributed by atoms with Crippen molar-refractivity contribution in [3.63, 3.8) is 0 Å². The highest BCUT2D eigenvalue weighted by Gasteiger charge is 2.60. The van der Waals surface area contributed by atoms with Crippen LogP contribution in [0.3, 0.4) is 0 Å². The summed E-state index contributed by atoms with van der Waals surface area (Å²) in [7, 11) is 0. The molecule has 0 bridgehead atoms. The van der Waals surface area contributed by atoms with Crippen LogP contribution in [0.2, 0.25) is 0 Å². The number of aliphatic hydroxyl groups excluding tert-OH is 2. The van der Waals surface area contributed by atoms with Crippen LogP contribution in [0.25, 0.3) is 0 Å². The minimum atomic E-state index is -0.858. The van der Waals surface area contributed by atoms with E-state index in [4.69, 9.17) is 14.6 Å². The van der Waals surface area contributed by atoms with Gasteiger partial charge in [0, 0.05) is 4.90 Å². The van der Waals surface area contributed by atoms with E-state index < -0.39 is 12.2 Å². The number of hydrogen-bond donors (Lipinski definition) is 2. The van der Waals surface area contributed by atoms with E-state index in [1.165, 1.54) is 5.56 Å². The molecule has 1 aromatic rings. The Bertz CT molecular complexity index is 422. The summed E-state index contributed by atoms with van der Waals surface area (Å²) < 4.78 is 11.2. The van der Waals surface area contributed by atoms with E-state index in [2.05, 4.69) is 24.3 Å². The van der Waals surface area contributed by atoms with Gasteiger partial charge in [0.25, 0.3) is 0 Å². The molecule has 0 radical (unpaired) electrons. The molecule has 98 valence electrons. The number of rotatable bonds is 4. The van der Waals surface area contributed by atoms with Gasteiger partial charge in [0.1, 0.15) is 29.9 Å². The number of epoxide rings is 1. The van der Waals surface area contributed by atoms with E-state index in [0.717, 1.165) is 4.90 Å². The average Bonchev–Trinajstić information content (AvgIpc) is 3.10. The minimum Gasteiger partial charge on any atom is -0.394 e. The van der Waals surface area contributed by atoms with Crippen LogP contribution in [-0.4, -0.2) is 46.7 Å². The van der Waals surface area contributed by atoms with Gasteiger partial charge < -0.3 is 19.7 Å². The zero-order chi connectivity index (χ0) is 12.7. The summed E-state index contributed by atoms with van der Waals surface area (Å²) >= 11 is 1.60. The lowest BCUT2D eigenvalue weighted by atomic mass is 10.1. The summed E-state index contributed by atoms with van der Waals surface area (Å²) in [6, 6.07) is 8.22. The molecule has 0 amide bonds. The molecule has 0 aromatic heterocycles. The predicted octanol–water partition coefficient (Wildman–Crippen LogP) is 0.933. The average molecular weight is 268 g/mol. The Balaban J connectivity index is 1.64. The predicted molar refractivity (Wildman–Crippen MR) is 67.5 cm³/mol. The number of benzene rings is 1. The quantitative estimate of drug-likeness (QED) is 0.796. The highest BCUT2D eigenvalue weighted by Crippen LogP contribution is 2.46. The molecule has 2 fully saturated rings. The second kappa shape index (κ2) is 4.83. The van der Waals surface area contributed by atoms with Crippen molar-refractivity contribution in [2.75, 3.05) is 6.61 Å². The van der Waals surface area contributed by atoms with Crippen LogP contribution >= 0.6 is 11.8 Å². The number of fused-ring (bicyclic) bond motifs is 1. The maximum absolute atomic E-state index is 9.61. The van der Waals surface area contributed by atoms with Crippen molar-refractivity contribution in [2.24, 2.45) is 0 Å². The van der Waals surface area contributed by atoms with Crippen LogP contribution in [-0.2, 0) is 9.47 Å². The van der Waals surface area contributed by atoms with E-state index in [1.807, 2.05) is 6.92 Å². The van der Waals surface area contributed by atoms with Crippen molar-refractivity contribution >= 4 is 11.8 Å². The van der Waals surface area contributed by atoms with Gasteiger partial charge in [-0.3, -0.25) is 0 Å². The van der Waals surface area contributed by atoms with E-state index in [0.29, 0.717) is 0 Å². The molecule has 18 heavy (non-hydrogen) atoms. The second-order valence-corrected chi connectivity index (χ2v) is 5.89. The van der Waals surface area contributed by atoms with Gasteiger partial charge >= 0.3 is 0 Å². The number of aliphatic hydroxyl groups is 2. The van der Waals surface area contributed by atoms with Crippen LogP contribution in [0.1, 0.15) is 5.56 Å². The molecule has 2 saturated heterocycles. The summed E-state index contributed by atoms with van der Waals surface area (Å²) in [6.45, 7) is 1.76. The third kappa shape index (κ3) is 2.29. The highest BCUT2D eigenvalue weighted by molar-refractivity contribution is 7.99. The maximum Gasteiger partial charge on any atom is 0.137 e. The van der Waals surface area contributed by atoms with Gasteiger partial charge in [-0.2, -0.15) is 0 Å². The Kier molecular flexibility index (Phi) is 3.34. The first-order chi connectivity index (χ1) is 8.69. The Labute approximate surface area is 110 Å². The van der Waals surface area contributed by atoms with E-state index in [1.54, 1.807) is 11.8 Å². The molecule has 2 N–H and O–H groups in total. The molecule has 1 aromatic carbocycles. The molecular formula is C13H16O4S. The molecule has 0 unspecified atom stereocenters. The highest BCUT2D eigenvalue weighted by atomic mass is 32.2. The monoisotopic (exact) mass is 268 g/mol. The van der Waals surface area contributed by atoms with Gasteiger partial charge in [-0.1, -0.05) is 29.5 Å². The van der Waals surface area contributed by atoms with Crippen molar-refractivity contribution < 1.29 is 19.7 Å². The SMILES string of the molecule is Cc1ccc(S[C@@H]2O[C@@H]([C@H](O)CO)[C@H]3O[C@H]32)cc1. The van der Waals surface area contributed by atoms with Crippen molar-refractivity contribution in [3.8, 4) is 0 Å². The fourth-order valence-corrected chi connectivity index (χ4v) is 3.29. The van der Waals surface area contributed by atoms with Crippen LogP contribution in [0.4, 0.5) is 0 Å². The lowest BCUT2D eigenvalue weighted by Crippen LogP contribution is -2.34. The van der Waals surface area contributed by atoms with Gasteiger partial charge in [-0.15, -0.1) is 0 Å². The number of thioether (sulfide) groups is 1. The van der Waals surface area contributed by atoms with Gasteiger partial charge in [-0.25, -0.2) is 0 Å². The number of aryl methyl sites for hydroxylation is 1. The minimum absolute atomic E-state index is 0.0440. The van der Waals surface area contributed by atoms with Gasteiger partial charge in [0.05, 0.1) is 6.61 Å². The molecular weight excluding hydrogens is 252 g/mol. The van der Waals surface area contributed by atoms with Crippen LogP contribution < -0.4 is 0 Å². The third-order valence-corrected chi connectivity index (χ3v) is 4.44. The largest absolute Gasteiger partial charge is 0.394 e. The molecule has 0 aliphatic carbocycles. The van der Waals surface area contributed by atoms with Crippen LogP contribution in [0.5, 0.6) is 0 Å². The molecule has 0 saturated carbocycles. The van der Waals surface area contributed by atoms with Crippen molar-refractivity contribution in [2.45, 2.75) is 41.7 Å². The van der Waals surface area contributed by atoms with Gasteiger partial charge in [0.15, 0.2) is 0 Å². The van der Waals surface area contributed by atoms with Crippen molar-refractivity contribution in [1.82, 2.24) is 0 Å². The molecule has 2 aliphatic heterocycles. The Morgan fingerprint density at radius 2 is 1.94 bits per heavy atom. The van der Waals surface area contributed by atoms with Crippen LogP contribution in [0.15, 0.2) is 29.2 Å². The van der Waals surface area contributed by atoms with E-state index >= 15 is 0 Å². The molecule has 5 heteroatoms. The lowest BCUT2D eigenvalue weighted by molar-refractivity contribution is -0.0745. The molecule has 2 aliphatic rings. The molecule has 4 nitrogen and oxygen atoms in total. The summed E-state index contributed by atoms with van der Waals surface area (Å²) in [5.41, 5.74) is 1.13. The molecule has 2 heterocycles. The normalized spacial score (nSPS) is 35.3. The van der Waals surface area contributed by atoms with Gasteiger partial charge in [-0.05, 0) is 19.1 Å². The summed E-state index contributed by atoms with van der Waals surface area (Å²) in [4.78, 5) is 1.12. The molecule has 3 rings (SSSR count). The Morgan fingerprint density at radius 3 is 2.61 bits per heavy atom. The lowest BCUT2D eigenvalue weighted by Gasteiger charge is -2.20. The van der Waals surface area contributed by atoms with Gasteiger partial charge in [0.2, 0.25) is 0 Å². The van der Waals surface area contributed by atoms with Crippen molar-refractivity contribution in [3.05, 3.63) is 29.8 Å². The smallest absolute Gasteiger partial charge is 0.137 e. The topological polar surface area (TPSA) is 62.2 Å². The number of hydrogen-bond acceptors (Lipinski definition) is 5. The Hall–Kier alpha value is -0.590. The fraction of sp³-hybridized carbons (Fsp3) is 0.538. The first-order valence-electron chi connectivity index (χ1n) is 6.02. The summed E-state index contributed by atoms with van der Waals surface area (Å²) in [6.07, 6.45) is -1.27. The summed E-state index contributed by atoms with van der Waals surface area (Å²) in [5.74, 6) is 0. The first kappa shape index (κ1) is 12.4. The standard InChI is InChI=1S/C13H16O4S/c1-7-2-4-8(5-3-7)18-13-12-11(16-12)10(17-13)9(15)6-14/h2-5,9-15H,6H2,1H3/t9-,10+,11-,12-,13+/m1/s1. The zero-order valence-corrected chi connectivity index (χ0v) is 10.8. The van der Waals surface area contributed by atoms with Crippen LogP contribution in [0, 0.1) is 6.92 Å². The third-order valence-electron chi connectivity index (χ3n) is 3.28. The van der Waals surface area contributed by atoms with Crippen molar-refractivity contribution in [1.29, 1.82) is 0 Å². The maximum atomic E-state index is 9.61. The second-order valence-electron chi connectivity index (χ2n) is 4.72.